The van der Waals surface area contributed by atoms with E-state index < -0.39 is 4.92 Å². The number of allylic oxidation sites excluding steroid dienone is 1. The van der Waals surface area contributed by atoms with Crippen molar-refractivity contribution in [1.29, 1.82) is 0 Å². The maximum absolute atomic E-state index is 12.1. The zero-order chi connectivity index (χ0) is 22.6. The third-order valence-electron chi connectivity index (χ3n) is 4.03. The van der Waals surface area contributed by atoms with Crippen LogP contribution in [0, 0.1) is 10.1 Å². The van der Waals surface area contributed by atoms with Gasteiger partial charge in [0.05, 0.1) is 11.4 Å². The monoisotopic (exact) mass is 416 g/mol. The topological polar surface area (TPSA) is 88.2 Å². The highest BCUT2D eigenvalue weighted by Gasteiger charge is 1.99. The van der Waals surface area contributed by atoms with Crippen LogP contribution in [0.2, 0.25) is 0 Å². The van der Waals surface area contributed by atoms with Gasteiger partial charge in [0.2, 0.25) is 0 Å². The Kier molecular flexibility index (Phi) is 8.79. The van der Waals surface area contributed by atoms with Crippen molar-refractivity contribution >= 4 is 28.9 Å². The number of azo groups is 1. The summed E-state index contributed by atoms with van der Waals surface area (Å²) in [6.45, 7) is 0. The van der Waals surface area contributed by atoms with Gasteiger partial charge in [-0.25, -0.2) is 0 Å². The summed E-state index contributed by atoms with van der Waals surface area (Å²) in [6.07, 6.45) is 3.38. The van der Waals surface area contributed by atoms with E-state index in [1.165, 1.54) is 0 Å². The number of nitro groups is 1. The molecule has 7 nitrogen and oxygen atoms in total. The highest BCUT2D eigenvalue weighted by molar-refractivity contribution is 6.06. The molecule has 3 aromatic rings. The number of ketones is 1. The Balaban J connectivity index is 0.000000785. The van der Waals surface area contributed by atoms with Crippen molar-refractivity contribution in [3.63, 3.8) is 0 Å². The van der Waals surface area contributed by atoms with Crippen LogP contribution >= 0.6 is 0 Å². The molecular weight excluding hydrogens is 392 g/mol. The van der Waals surface area contributed by atoms with E-state index in [-0.39, 0.29) is 5.78 Å². The molecule has 158 valence electrons. The highest BCUT2D eigenvalue weighted by atomic mass is 16.6. The van der Waals surface area contributed by atoms with Crippen molar-refractivity contribution in [2.24, 2.45) is 10.2 Å². The van der Waals surface area contributed by atoms with E-state index in [2.05, 4.69) is 10.2 Å². The van der Waals surface area contributed by atoms with E-state index >= 15 is 0 Å². The molecule has 0 saturated carbocycles. The van der Waals surface area contributed by atoms with Crippen LogP contribution in [0.25, 0.3) is 6.08 Å². The molecule has 0 fully saturated rings. The minimum Gasteiger partial charge on any atom is -0.378 e. The third kappa shape index (κ3) is 8.41. The van der Waals surface area contributed by atoms with Crippen LogP contribution in [-0.4, -0.2) is 31.8 Å². The summed E-state index contributed by atoms with van der Waals surface area (Å²) in [7, 11) is 4.89. The van der Waals surface area contributed by atoms with Crippen LogP contribution in [-0.2, 0) is 0 Å². The molecule has 0 aliphatic heterocycles. The molecule has 0 amide bonds. The molecule has 3 aromatic carbocycles. The van der Waals surface area contributed by atoms with Crippen molar-refractivity contribution in [3.8, 4) is 0 Å². The third-order valence-corrected chi connectivity index (χ3v) is 4.03. The molecule has 7 heteroatoms. The second kappa shape index (κ2) is 11.8. The average Bonchev–Trinajstić information content (AvgIpc) is 2.77. The standard InChI is InChI=1S/C23H21N3O.CH3NO2/c1-26(2)22-15-13-21(14-16-22)25-24-20-11-8-18(9-12-20)10-17-23(27)19-6-4-3-5-7-19;1-2(3)4/h3-17H,1-2H3;1H3/b17-10+,25-24?;. The SMILES string of the molecule is CN(C)c1ccc(N=Nc2ccc(/C=C/C(=O)c3ccccc3)cc2)cc1.C[N+](=O)[O-]. The Morgan fingerprint density at radius 2 is 1.35 bits per heavy atom. The molecule has 0 atom stereocenters. The van der Waals surface area contributed by atoms with E-state index in [1.807, 2.05) is 85.7 Å². The normalized spacial score (nSPS) is 10.5. The number of carbonyl (C=O) groups is 1. The zero-order valence-corrected chi connectivity index (χ0v) is 17.7. The van der Waals surface area contributed by atoms with Gasteiger partial charge in [0.1, 0.15) is 0 Å². The molecule has 0 radical (unpaired) electrons. The Labute approximate surface area is 181 Å². The van der Waals surface area contributed by atoms with E-state index in [1.54, 1.807) is 24.3 Å². The summed E-state index contributed by atoms with van der Waals surface area (Å²) < 4.78 is 0. The summed E-state index contributed by atoms with van der Waals surface area (Å²) in [5, 5.41) is 17.3. The Morgan fingerprint density at radius 3 is 1.84 bits per heavy atom. The van der Waals surface area contributed by atoms with Gasteiger partial charge in [-0.05, 0) is 48.0 Å². The Bertz CT molecular complexity index is 1040. The van der Waals surface area contributed by atoms with Gasteiger partial charge in [0.15, 0.2) is 12.8 Å². The number of hydrogen-bond acceptors (Lipinski definition) is 6. The number of rotatable bonds is 6. The van der Waals surface area contributed by atoms with Crippen molar-refractivity contribution in [1.82, 2.24) is 0 Å². The van der Waals surface area contributed by atoms with E-state index in [9.17, 15) is 4.79 Å². The average molecular weight is 416 g/mol. The molecule has 0 heterocycles. The predicted molar refractivity (Wildman–Crippen MR) is 124 cm³/mol. The van der Waals surface area contributed by atoms with E-state index in [0.717, 1.165) is 29.7 Å². The van der Waals surface area contributed by atoms with Gasteiger partial charge in [0.25, 0.3) is 0 Å². The lowest BCUT2D eigenvalue weighted by molar-refractivity contribution is -0.445. The predicted octanol–water partition coefficient (Wildman–Crippen LogP) is 5.96. The lowest BCUT2D eigenvalue weighted by Crippen LogP contribution is -2.07. The van der Waals surface area contributed by atoms with E-state index in [4.69, 9.17) is 10.1 Å². The Hall–Kier alpha value is -4.13. The van der Waals surface area contributed by atoms with Gasteiger partial charge < -0.3 is 4.90 Å². The molecule has 0 aliphatic rings. The van der Waals surface area contributed by atoms with Crippen LogP contribution in [0.5, 0.6) is 0 Å². The second-order valence-corrected chi connectivity index (χ2v) is 6.71. The van der Waals surface area contributed by atoms with Crippen LogP contribution in [0.3, 0.4) is 0 Å². The quantitative estimate of drug-likeness (QED) is 0.163. The molecular formula is C24H24N4O3. The molecule has 0 spiro atoms. The molecule has 0 aliphatic carbocycles. The smallest absolute Gasteiger partial charge is 0.194 e. The van der Waals surface area contributed by atoms with Gasteiger partial charge in [-0.3, -0.25) is 14.9 Å². The van der Waals surface area contributed by atoms with E-state index in [0.29, 0.717) is 5.56 Å². The van der Waals surface area contributed by atoms with Gasteiger partial charge in [-0.2, -0.15) is 10.2 Å². The first-order valence-corrected chi connectivity index (χ1v) is 9.50. The minimum atomic E-state index is -0.500. The summed E-state index contributed by atoms with van der Waals surface area (Å²) in [5.74, 6) is -0.0134. The second-order valence-electron chi connectivity index (χ2n) is 6.71. The molecule has 31 heavy (non-hydrogen) atoms. The molecule has 0 N–H and O–H groups in total. The molecule has 0 saturated heterocycles. The van der Waals surface area contributed by atoms with Crippen molar-refractivity contribution < 1.29 is 9.72 Å². The fraction of sp³-hybridized carbons (Fsp3) is 0.125. The van der Waals surface area contributed by atoms with Crippen molar-refractivity contribution in [2.45, 2.75) is 0 Å². The molecule has 3 rings (SSSR count). The highest BCUT2D eigenvalue weighted by Crippen LogP contribution is 2.21. The van der Waals surface area contributed by atoms with Crippen LogP contribution in [0.4, 0.5) is 17.1 Å². The van der Waals surface area contributed by atoms with Crippen LogP contribution in [0.1, 0.15) is 15.9 Å². The number of carbonyl (C=O) groups excluding carboxylic acids is 1. The fourth-order valence-electron chi connectivity index (χ4n) is 2.46. The number of anilines is 1. The molecule has 0 bridgehead atoms. The number of benzene rings is 3. The van der Waals surface area contributed by atoms with Crippen LogP contribution in [0.15, 0.2) is 95.2 Å². The lowest BCUT2D eigenvalue weighted by atomic mass is 10.1. The first-order valence-electron chi connectivity index (χ1n) is 9.50. The van der Waals surface area contributed by atoms with Gasteiger partial charge in [-0.15, -0.1) is 0 Å². The summed E-state index contributed by atoms with van der Waals surface area (Å²) in [5.41, 5.74) is 4.31. The summed E-state index contributed by atoms with van der Waals surface area (Å²) in [4.78, 5) is 22.4. The van der Waals surface area contributed by atoms with Gasteiger partial charge in [0, 0.05) is 30.3 Å². The molecule has 0 aromatic heterocycles. The first-order chi connectivity index (χ1) is 14.8. The maximum atomic E-state index is 12.1. The van der Waals surface area contributed by atoms with Gasteiger partial charge in [-0.1, -0.05) is 48.5 Å². The van der Waals surface area contributed by atoms with Gasteiger partial charge >= 0.3 is 0 Å². The minimum absolute atomic E-state index is 0.0134. The molecule has 0 unspecified atom stereocenters. The maximum Gasteiger partial charge on any atom is 0.194 e. The Morgan fingerprint density at radius 1 is 0.871 bits per heavy atom. The van der Waals surface area contributed by atoms with Crippen molar-refractivity contribution in [3.05, 3.63) is 106 Å². The first kappa shape index (κ1) is 23.2. The summed E-state index contributed by atoms with van der Waals surface area (Å²) >= 11 is 0. The fourth-order valence-corrected chi connectivity index (χ4v) is 2.46. The zero-order valence-electron chi connectivity index (χ0n) is 17.7. The summed E-state index contributed by atoms with van der Waals surface area (Å²) in [6, 6.07) is 24.7. The van der Waals surface area contributed by atoms with Crippen molar-refractivity contribution in [2.75, 3.05) is 26.0 Å². The van der Waals surface area contributed by atoms with Crippen LogP contribution < -0.4 is 4.90 Å². The lowest BCUT2D eigenvalue weighted by Gasteiger charge is -2.11. The number of hydrogen-bond donors (Lipinski definition) is 0. The largest absolute Gasteiger partial charge is 0.378 e. The number of nitrogens with zero attached hydrogens (tertiary/aromatic N) is 4.